The first-order valence-corrected chi connectivity index (χ1v) is 7.21. The minimum absolute atomic E-state index is 0.0528. The van der Waals surface area contributed by atoms with Crippen LogP contribution in [-0.2, 0) is 22.0 Å². The lowest BCUT2D eigenvalue weighted by Gasteiger charge is -1.94. The largest absolute Gasteiger partial charge is 0.319 e. The Morgan fingerprint density at radius 3 is 2.86 bits per heavy atom. The summed E-state index contributed by atoms with van der Waals surface area (Å²) >= 11 is 1.41. The summed E-state index contributed by atoms with van der Waals surface area (Å²) in [5, 5.41) is 5.61. The Labute approximate surface area is 88.3 Å². The molecule has 80 valence electrons. The number of thiazole rings is 1. The Bertz CT molecular complexity index is 384. The predicted molar refractivity (Wildman–Crippen MR) is 58.3 cm³/mol. The van der Waals surface area contributed by atoms with Crippen molar-refractivity contribution in [1.29, 1.82) is 0 Å². The van der Waals surface area contributed by atoms with E-state index in [1.54, 1.807) is 0 Å². The highest BCUT2D eigenvalue weighted by Crippen LogP contribution is 2.12. The van der Waals surface area contributed by atoms with Gasteiger partial charge in [0.2, 0.25) is 0 Å². The van der Waals surface area contributed by atoms with Crippen molar-refractivity contribution in [2.75, 3.05) is 19.8 Å². The van der Waals surface area contributed by atoms with Crippen molar-refractivity contribution in [3.8, 4) is 0 Å². The number of likely N-dealkylation sites (N-methyl/N-ethyl adjacent to an activating group) is 1. The van der Waals surface area contributed by atoms with E-state index in [1.165, 1.54) is 17.6 Å². The first-order chi connectivity index (χ1) is 6.51. The Morgan fingerprint density at radius 2 is 2.29 bits per heavy atom. The molecule has 0 aliphatic carbocycles. The molecule has 0 radical (unpaired) electrons. The maximum atomic E-state index is 11.0. The fourth-order valence-corrected chi connectivity index (χ4v) is 3.05. The van der Waals surface area contributed by atoms with Gasteiger partial charge < -0.3 is 5.32 Å². The molecule has 0 amide bonds. The number of rotatable bonds is 5. The summed E-state index contributed by atoms with van der Waals surface area (Å²) in [6.45, 7) is 0.863. The fourth-order valence-electron chi connectivity index (χ4n) is 1.01. The van der Waals surface area contributed by atoms with Crippen LogP contribution < -0.4 is 5.32 Å². The van der Waals surface area contributed by atoms with E-state index in [4.69, 9.17) is 0 Å². The van der Waals surface area contributed by atoms with Crippen molar-refractivity contribution in [1.82, 2.24) is 10.3 Å². The Hall–Kier alpha value is -0.460. The first-order valence-electron chi connectivity index (χ1n) is 4.27. The smallest absolute Gasteiger partial charge is 0.153 e. The van der Waals surface area contributed by atoms with Crippen LogP contribution >= 0.6 is 11.3 Å². The highest BCUT2D eigenvalue weighted by atomic mass is 32.2. The molecule has 0 spiro atoms. The Morgan fingerprint density at radius 1 is 1.57 bits per heavy atom. The molecular weight excluding hydrogens is 220 g/mol. The number of hydrogen-bond acceptors (Lipinski definition) is 5. The summed E-state index contributed by atoms with van der Waals surface area (Å²) in [5.74, 6) is 0.0528. The molecule has 1 N–H and O–H groups in total. The third-order valence-electron chi connectivity index (χ3n) is 1.62. The van der Waals surface area contributed by atoms with E-state index in [0.29, 0.717) is 5.01 Å². The zero-order valence-electron chi connectivity index (χ0n) is 8.28. The second-order valence-electron chi connectivity index (χ2n) is 3.16. The average molecular weight is 234 g/mol. The summed E-state index contributed by atoms with van der Waals surface area (Å²) in [6.07, 6.45) is 2.07. The molecule has 6 heteroatoms. The number of nitrogens with one attached hydrogen (secondary N) is 1. The summed E-state index contributed by atoms with van der Waals surface area (Å²) in [6, 6.07) is 0. The fraction of sp³-hybridized carbons (Fsp3) is 0.625. The van der Waals surface area contributed by atoms with Crippen molar-refractivity contribution in [3.63, 3.8) is 0 Å². The molecule has 1 heterocycles. The maximum absolute atomic E-state index is 11.0. The van der Waals surface area contributed by atoms with Gasteiger partial charge in [-0.15, -0.1) is 11.3 Å². The van der Waals surface area contributed by atoms with Crippen LogP contribution in [0.4, 0.5) is 0 Å². The van der Waals surface area contributed by atoms with Crippen molar-refractivity contribution in [2.24, 2.45) is 0 Å². The predicted octanol–water partition coefficient (Wildman–Crippen LogP) is 0.450. The van der Waals surface area contributed by atoms with Crippen LogP contribution in [0.15, 0.2) is 5.38 Å². The SMILES string of the molecule is CNCCc1csc(CS(C)(=O)=O)n1. The third-order valence-corrected chi connectivity index (χ3v) is 3.49. The van der Waals surface area contributed by atoms with Gasteiger partial charge in [0.05, 0.1) is 5.69 Å². The molecule has 0 fully saturated rings. The second kappa shape index (κ2) is 4.86. The molecule has 0 aliphatic rings. The lowest BCUT2D eigenvalue weighted by molar-refractivity contribution is 0.601. The molecule has 1 rings (SSSR count). The van der Waals surface area contributed by atoms with Gasteiger partial charge in [0.25, 0.3) is 0 Å². The topological polar surface area (TPSA) is 59.1 Å². The van der Waals surface area contributed by atoms with E-state index >= 15 is 0 Å². The number of aromatic nitrogens is 1. The zero-order valence-corrected chi connectivity index (χ0v) is 9.91. The lowest BCUT2D eigenvalue weighted by Crippen LogP contribution is -2.10. The van der Waals surface area contributed by atoms with Crippen molar-refractivity contribution in [3.05, 3.63) is 16.1 Å². The van der Waals surface area contributed by atoms with E-state index in [1.807, 2.05) is 12.4 Å². The quantitative estimate of drug-likeness (QED) is 0.803. The lowest BCUT2D eigenvalue weighted by atomic mass is 10.3. The van der Waals surface area contributed by atoms with Gasteiger partial charge in [0.1, 0.15) is 10.8 Å². The van der Waals surface area contributed by atoms with Crippen LogP contribution in [0, 0.1) is 0 Å². The van der Waals surface area contributed by atoms with Gasteiger partial charge >= 0.3 is 0 Å². The molecule has 0 aromatic carbocycles. The van der Waals surface area contributed by atoms with Gasteiger partial charge in [0, 0.05) is 24.6 Å². The zero-order chi connectivity index (χ0) is 10.6. The molecule has 0 saturated heterocycles. The summed E-state index contributed by atoms with van der Waals surface area (Å²) in [5.41, 5.74) is 0.961. The number of sulfone groups is 1. The van der Waals surface area contributed by atoms with Crippen LogP contribution in [-0.4, -0.2) is 33.2 Å². The summed E-state index contributed by atoms with van der Waals surface area (Å²) in [7, 11) is -1.07. The first kappa shape index (κ1) is 11.6. The van der Waals surface area contributed by atoms with Gasteiger partial charge in [-0.2, -0.15) is 0 Å². The monoisotopic (exact) mass is 234 g/mol. The van der Waals surface area contributed by atoms with E-state index in [-0.39, 0.29) is 5.75 Å². The van der Waals surface area contributed by atoms with Crippen LogP contribution in [0.2, 0.25) is 0 Å². The molecule has 0 atom stereocenters. The highest BCUT2D eigenvalue weighted by Gasteiger charge is 2.08. The minimum atomic E-state index is -2.95. The third kappa shape index (κ3) is 4.17. The standard InChI is InChI=1S/C8H14N2O2S2/c1-9-4-3-7-5-13-8(10-7)6-14(2,11)12/h5,9H,3-4,6H2,1-2H3. The van der Waals surface area contributed by atoms with Crippen molar-refractivity contribution >= 4 is 21.2 Å². The minimum Gasteiger partial charge on any atom is -0.319 e. The van der Waals surface area contributed by atoms with Crippen LogP contribution in [0.3, 0.4) is 0 Å². The summed E-state index contributed by atoms with van der Waals surface area (Å²) in [4.78, 5) is 4.23. The van der Waals surface area contributed by atoms with E-state index < -0.39 is 9.84 Å². The molecule has 0 saturated carbocycles. The number of nitrogens with zero attached hydrogens (tertiary/aromatic N) is 1. The summed E-state index contributed by atoms with van der Waals surface area (Å²) < 4.78 is 22.0. The average Bonchev–Trinajstić information content (AvgIpc) is 2.46. The van der Waals surface area contributed by atoms with Crippen molar-refractivity contribution in [2.45, 2.75) is 12.2 Å². The molecule has 1 aromatic heterocycles. The van der Waals surface area contributed by atoms with Gasteiger partial charge in [-0.3, -0.25) is 0 Å². The van der Waals surface area contributed by atoms with Gasteiger partial charge in [0.15, 0.2) is 9.84 Å². The Balaban J connectivity index is 2.59. The van der Waals surface area contributed by atoms with E-state index in [2.05, 4.69) is 10.3 Å². The molecule has 14 heavy (non-hydrogen) atoms. The maximum Gasteiger partial charge on any atom is 0.153 e. The van der Waals surface area contributed by atoms with Gasteiger partial charge in [-0.25, -0.2) is 13.4 Å². The van der Waals surface area contributed by atoms with Gasteiger partial charge in [-0.05, 0) is 7.05 Å². The normalized spacial score (nSPS) is 11.9. The van der Waals surface area contributed by atoms with Crippen LogP contribution in [0.1, 0.15) is 10.7 Å². The molecule has 0 bridgehead atoms. The molecule has 4 nitrogen and oxygen atoms in total. The molecule has 1 aromatic rings. The second-order valence-corrected chi connectivity index (χ2v) is 6.24. The van der Waals surface area contributed by atoms with E-state index in [0.717, 1.165) is 18.7 Å². The number of hydrogen-bond donors (Lipinski definition) is 1. The van der Waals surface area contributed by atoms with Crippen molar-refractivity contribution < 1.29 is 8.42 Å². The van der Waals surface area contributed by atoms with Gasteiger partial charge in [-0.1, -0.05) is 0 Å². The highest BCUT2D eigenvalue weighted by molar-refractivity contribution is 7.90. The Kier molecular flexibility index (Phi) is 4.03. The molecular formula is C8H14N2O2S2. The molecule has 0 aliphatic heterocycles. The van der Waals surface area contributed by atoms with Crippen LogP contribution in [0.5, 0.6) is 0 Å². The van der Waals surface area contributed by atoms with E-state index in [9.17, 15) is 8.42 Å². The van der Waals surface area contributed by atoms with Crippen LogP contribution in [0.25, 0.3) is 0 Å². The molecule has 0 unspecified atom stereocenters.